The predicted octanol–water partition coefficient (Wildman–Crippen LogP) is 2.91. The van der Waals surface area contributed by atoms with E-state index < -0.39 is 4.92 Å². The molecule has 1 aromatic rings. The molecule has 0 radical (unpaired) electrons. The second kappa shape index (κ2) is 8.24. The number of hydrogen-bond donors (Lipinski definition) is 1. The van der Waals surface area contributed by atoms with Crippen LogP contribution in [0.15, 0.2) is 24.3 Å². The van der Waals surface area contributed by atoms with Crippen LogP contribution in [-0.2, 0) is 4.79 Å². The lowest BCUT2D eigenvalue weighted by Gasteiger charge is -2.15. The van der Waals surface area contributed by atoms with Gasteiger partial charge in [0, 0.05) is 12.1 Å². The van der Waals surface area contributed by atoms with Crippen LogP contribution in [0.4, 0.5) is 5.69 Å². The third-order valence-corrected chi connectivity index (χ3v) is 2.98. The van der Waals surface area contributed by atoms with Gasteiger partial charge >= 0.3 is 0 Å². The molecule has 1 unspecified atom stereocenters. The molecule has 6 nitrogen and oxygen atoms in total. The minimum Gasteiger partial charge on any atom is -0.484 e. The monoisotopic (exact) mass is 294 g/mol. The first kappa shape index (κ1) is 16.9. The topological polar surface area (TPSA) is 81.5 Å². The SMILES string of the molecule is CC(C)CCC(C)NC(=O)COc1cccc([N+](=O)[O-])c1. The number of rotatable bonds is 8. The number of nitro groups is 1. The largest absolute Gasteiger partial charge is 0.484 e. The Bertz CT molecular complexity index is 488. The lowest BCUT2D eigenvalue weighted by molar-refractivity contribution is -0.384. The Hall–Kier alpha value is -2.11. The van der Waals surface area contributed by atoms with Gasteiger partial charge in [-0.3, -0.25) is 14.9 Å². The predicted molar refractivity (Wildman–Crippen MR) is 80.3 cm³/mol. The molecule has 0 saturated carbocycles. The fourth-order valence-electron chi connectivity index (χ4n) is 1.81. The molecule has 1 N–H and O–H groups in total. The van der Waals surface area contributed by atoms with E-state index in [-0.39, 0.29) is 24.2 Å². The highest BCUT2D eigenvalue weighted by Crippen LogP contribution is 2.18. The molecule has 6 heteroatoms. The number of amides is 1. The van der Waals surface area contributed by atoms with Crippen LogP contribution in [-0.4, -0.2) is 23.5 Å². The summed E-state index contributed by atoms with van der Waals surface area (Å²) in [7, 11) is 0. The molecule has 116 valence electrons. The zero-order valence-corrected chi connectivity index (χ0v) is 12.7. The number of nitrogens with one attached hydrogen (secondary N) is 1. The Morgan fingerprint density at radius 2 is 2.05 bits per heavy atom. The van der Waals surface area contributed by atoms with Crippen LogP contribution in [0, 0.1) is 16.0 Å². The summed E-state index contributed by atoms with van der Waals surface area (Å²) in [5.74, 6) is 0.692. The number of carbonyl (C=O) groups excluding carboxylic acids is 1. The number of ether oxygens (including phenoxy) is 1. The first-order chi connectivity index (χ1) is 9.88. The van der Waals surface area contributed by atoms with Gasteiger partial charge in [0.05, 0.1) is 11.0 Å². The summed E-state index contributed by atoms with van der Waals surface area (Å²) < 4.78 is 5.27. The Morgan fingerprint density at radius 3 is 2.67 bits per heavy atom. The molecule has 1 rings (SSSR count). The van der Waals surface area contributed by atoms with Crippen molar-refractivity contribution in [3.8, 4) is 5.75 Å². The maximum Gasteiger partial charge on any atom is 0.273 e. The molecular formula is C15H22N2O4. The summed E-state index contributed by atoms with van der Waals surface area (Å²) in [6.07, 6.45) is 1.97. The molecule has 21 heavy (non-hydrogen) atoms. The molecule has 0 fully saturated rings. The van der Waals surface area contributed by atoms with E-state index in [1.165, 1.54) is 18.2 Å². The van der Waals surface area contributed by atoms with Crippen LogP contribution in [0.5, 0.6) is 5.75 Å². The minimum absolute atomic E-state index is 0.0572. The Kier molecular flexibility index (Phi) is 6.65. The van der Waals surface area contributed by atoms with Gasteiger partial charge in [-0.2, -0.15) is 0 Å². The molecule has 0 spiro atoms. The second-order valence-corrected chi connectivity index (χ2v) is 5.48. The number of nitro benzene ring substituents is 1. The van der Waals surface area contributed by atoms with Gasteiger partial charge in [0.2, 0.25) is 0 Å². The highest BCUT2D eigenvalue weighted by atomic mass is 16.6. The number of carbonyl (C=O) groups is 1. The van der Waals surface area contributed by atoms with Crippen LogP contribution < -0.4 is 10.1 Å². The number of non-ortho nitro benzene ring substituents is 1. The van der Waals surface area contributed by atoms with Gasteiger partial charge in [0.1, 0.15) is 5.75 Å². The van der Waals surface area contributed by atoms with E-state index >= 15 is 0 Å². The molecule has 0 aliphatic heterocycles. The summed E-state index contributed by atoms with van der Waals surface area (Å²) in [4.78, 5) is 21.9. The zero-order valence-electron chi connectivity index (χ0n) is 12.7. The molecule has 0 aliphatic rings. The van der Waals surface area contributed by atoms with Crippen molar-refractivity contribution in [3.63, 3.8) is 0 Å². The summed E-state index contributed by atoms with van der Waals surface area (Å²) in [5, 5.41) is 13.5. The Labute approximate surface area is 124 Å². The van der Waals surface area contributed by atoms with E-state index in [9.17, 15) is 14.9 Å². The fraction of sp³-hybridized carbons (Fsp3) is 0.533. The molecule has 0 aromatic heterocycles. The van der Waals surface area contributed by atoms with Gasteiger partial charge in [0.25, 0.3) is 11.6 Å². The van der Waals surface area contributed by atoms with Gasteiger partial charge in [0.15, 0.2) is 6.61 Å². The van der Waals surface area contributed by atoms with Gasteiger partial charge in [-0.1, -0.05) is 19.9 Å². The van der Waals surface area contributed by atoms with Crippen molar-refractivity contribution in [1.29, 1.82) is 0 Å². The normalized spacial score (nSPS) is 12.0. The molecule has 1 aromatic carbocycles. The van der Waals surface area contributed by atoms with E-state index in [1.54, 1.807) is 6.07 Å². The van der Waals surface area contributed by atoms with E-state index in [4.69, 9.17) is 4.74 Å². The number of benzene rings is 1. The molecule has 1 atom stereocenters. The molecule has 0 bridgehead atoms. The fourth-order valence-corrected chi connectivity index (χ4v) is 1.81. The van der Waals surface area contributed by atoms with Crippen molar-refractivity contribution in [2.75, 3.05) is 6.61 Å². The molecule has 0 aliphatic carbocycles. The molecule has 0 heterocycles. The highest BCUT2D eigenvalue weighted by molar-refractivity contribution is 5.77. The zero-order chi connectivity index (χ0) is 15.8. The maximum absolute atomic E-state index is 11.7. The van der Waals surface area contributed by atoms with Crippen molar-refractivity contribution in [3.05, 3.63) is 34.4 Å². The second-order valence-electron chi connectivity index (χ2n) is 5.48. The summed E-state index contributed by atoms with van der Waals surface area (Å²) in [6, 6.07) is 5.88. The van der Waals surface area contributed by atoms with Crippen LogP contribution in [0.25, 0.3) is 0 Å². The first-order valence-electron chi connectivity index (χ1n) is 7.05. The quantitative estimate of drug-likeness (QED) is 0.590. The lowest BCUT2D eigenvalue weighted by Crippen LogP contribution is -2.36. The first-order valence-corrected chi connectivity index (χ1v) is 7.05. The van der Waals surface area contributed by atoms with Gasteiger partial charge in [-0.05, 0) is 31.7 Å². The van der Waals surface area contributed by atoms with Crippen LogP contribution >= 0.6 is 0 Å². The Balaban J connectivity index is 2.39. The van der Waals surface area contributed by atoms with E-state index in [1.807, 2.05) is 6.92 Å². The smallest absolute Gasteiger partial charge is 0.273 e. The highest BCUT2D eigenvalue weighted by Gasteiger charge is 2.10. The van der Waals surface area contributed by atoms with Crippen molar-refractivity contribution in [2.24, 2.45) is 5.92 Å². The van der Waals surface area contributed by atoms with Crippen LogP contribution in [0.3, 0.4) is 0 Å². The lowest BCUT2D eigenvalue weighted by atomic mass is 10.0. The van der Waals surface area contributed by atoms with Crippen molar-refractivity contribution in [2.45, 2.75) is 39.7 Å². The summed E-state index contributed by atoms with van der Waals surface area (Å²) in [6.45, 7) is 6.08. The summed E-state index contributed by atoms with van der Waals surface area (Å²) in [5.41, 5.74) is -0.0572. The van der Waals surface area contributed by atoms with Crippen molar-refractivity contribution in [1.82, 2.24) is 5.32 Å². The molecular weight excluding hydrogens is 272 g/mol. The number of nitrogens with zero attached hydrogens (tertiary/aromatic N) is 1. The van der Waals surface area contributed by atoms with Gasteiger partial charge < -0.3 is 10.1 Å². The standard InChI is InChI=1S/C15H22N2O4/c1-11(2)7-8-12(3)16-15(18)10-21-14-6-4-5-13(9-14)17(19)20/h4-6,9,11-12H,7-8,10H2,1-3H3,(H,16,18). The minimum atomic E-state index is -0.499. The van der Waals surface area contributed by atoms with E-state index in [2.05, 4.69) is 19.2 Å². The average Bonchev–Trinajstić information content (AvgIpc) is 2.43. The van der Waals surface area contributed by atoms with Crippen molar-refractivity contribution < 1.29 is 14.5 Å². The van der Waals surface area contributed by atoms with Gasteiger partial charge in [-0.25, -0.2) is 0 Å². The molecule has 0 saturated heterocycles. The summed E-state index contributed by atoms with van der Waals surface area (Å²) >= 11 is 0. The Morgan fingerprint density at radius 1 is 1.33 bits per heavy atom. The van der Waals surface area contributed by atoms with Crippen LogP contribution in [0.1, 0.15) is 33.6 Å². The van der Waals surface area contributed by atoms with Crippen molar-refractivity contribution >= 4 is 11.6 Å². The molecule has 1 amide bonds. The third kappa shape index (κ3) is 6.74. The van der Waals surface area contributed by atoms with Crippen LogP contribution in [0.2, 0.25) is 0 Å². The maximum atomic E-state index is 11.7. The average molecular weight is 294 g/mol. The van der Waals surface area contributed by atoms with E-state index in [0.29, 0.717) is 11.7 Å². The van der Waals surface area contributed by atoms with E-state index in [0.717, 1.165) is 12.8 Å². The number of hydrogen-bond acceptors (Lipinski definition) is 4. The van der Waals surface area contributed by atoms with Gasteiger partial charge in [-0.15, -0.1) is 0 Å². The third-order valence-electron chi connectivity index (χ3n) is 2.98.